The number of allylic oxidation sites excluding steroid dienone is 7. The molecule has 1 unspecified atom stereocenters. The van der Waals surface area contributed by atoms with Gasteiger partial charge in [-0.25, -0.2) is 0 Å². The minimum Gasteiger partial charge on any atom is -0.387 e. The zero-order valence-corrected chi connectivity index (χ0v) is 16.7. The first-order valence-corrected chi connectivity index (χ1v) is 8.98. The molecule has 1 N–H and O–H groups in total. The third-order valence-corrected chi connectivity index (χ3v) is 4.19. The molecular formula is C22H37N. The second kappa shape index (κ2) is 7.55. The molecule has 0 radical (unpaired) electrons. The largest absolute Gasteiger partial charge is 0.387 e. The number of nitrogens with one attached hydrogen (secondary N) is 1. The molecule has 1 aliphatic heterocycles. The Kier molecular flexibility index (Phi) is 6.50. The number of rotatable bonds is 3. The van der Waals surface area contributed by atoms with Crippen LogP contribution in [0.25, 0.3) is 0 Å². The fourth-order valence-corrected chi connectivity index (χ4v) is 2.73. The monoisotopic (exact) mass is 315 g/mol. The molecule has 0 aromatic rings. The molecular weight excluding hydrogens is 278 g/mol. The molecule has 0 bridgehead atoms. The summed E-state index contributed by atoms with van der Waals surface area (Å²) in [5, 5.41) is 3.64. The second-order valence-electron chi connectivity index (χ2n) is 9.24. The highest BCUT2D eigenvalue weighted by atomic mass is 14.9. The Labute approximate surface area is 144 Å². The van der Waals surface area contributed by atoms with E-state index in [1.165, 1.54) is 16.8 Å². The third kappa shape index (κ3) is 6.41. The van der Waals surface area contributed by atoms with Crippen LogP contribution >= 0.6 is 0 Å². The summed E-state index contributed by atoms with van der Waals surface area (Å²) >= 11 is 0. The van der Waals surface area contributed by atoms with Gasteiger partial charge in [0.05, 0.1) is 0 Å². The lowest BCUT2D eigenvalue weighted by Crippen LogP contribution is -2.27. The average Bonchev–Trinajstić information content (AvgIpc) is 2.55. The molecule has 0 amide bonds. The van der Waals surface area contributed by atoms with Crippen LogP contribution in [0.15, 0.2) is 47.2 Å². The van der Waals surface area contributed by atoms with E-state index in [0.29, 0.717) is 11.8 Å². The fraction of sp³-hybridized carbons (Fsp3) is 0.636. The van der Waals surface area contributed by atoms with Crippen molar-refractivity contribution in [2.75, 3.05) is 6.54 Å². The highest BCUT2D eigenvalue weighted by molar-refractivity contribution is 5.41. The van der Waals surface area contributed by atoms with Crippen molar-refractivity contribution in [3.05, 3.63) is 47.2 Å². The molecule has 1 atom stereocenters. The van der Waals surface area contributed by atoms with Crippen molar-refractivity contribution in [2.45, 2.75) is 62.3 Å². The fourth-order valence-electron chi connectivity index (χ4n) is 2.73. The Morgan fingerprint density at radius 3 is 2.22 bits per heavy atom. The van der Waals surface area contributed by atoms with Crippen molar-refractivity contribution in [3.63, 3.8) is 0 Å². The Balaban J connectivity index is 3.19. The highest BCUT2D eigenvalue weighted by Crippen LogP contribution is 2.31. The maximum absolute atomic E-state index is 3.64. The molecule has 23 heavy (non-hydrogen) atoms. The van der Waals surface area contributed by atoms with Gasteiger partial charge in [-0.2, -0.15) is 0 Å². The van der Waals surface area contributed by atoms with Crippen LogP contribution in [0.1, 0.15) is 62.3 Å². The Hall–Kier alpha value is -1.24. The van der Waals surface area contributed by atoms with Crippen molar-refractivity contribution in [1.29, 1.82) is 0 Å². The predicted molar refractivity (Wildman–Crippen MR) is 104 cm³/mol. The predicted octanol–water partition coefficient (Wildman–Crippen LogP) is 6.27. The Bertz CT molecular complexity index is 513. The zero-order valence-electron chi connectivity index (χ0n) is 16.7. The summed E-state index contributed by atoms with van der Waals surface area (Å²) < 4.78 is 0. The van der Waals surface area contributed by atoms with Crippen molar-refractivity contribution in [2.24, 2.45) is 22.7 Å². The summed E-state index contributed by atoms with van der Waals surface area (Å²) in [4.78, 5) is 0. The molecule has 0 fully saturated rings. The maximum atomic E-state index is 3.64. The second-order valence-corrected chi connectivity index (χ2v) is 9.24. The minimum atomic E-state index is 0.166. The lowest BCUT2D eigenvalue weighted by molar-refractivity contribution is 0.450. The van der Waals surface area contributed by atoms with Crippen molar-refractivity contribution in [1.82, 2.24) is 5.32 Å². The van der Waals surface area contributed by atoms with Gasteiger partial charge in [-0.3, -0.25) is 0 Å². The van der Waals surface area contributed by atoms with Crippen LogP contribution in [0, 0.1) is 22.7 Å². The molecule has 1 heteroatoms. The van der Waals surface area contributed by atoms with Crippen LogP contribution in [0.4, 0.5) is 0 Å². The van der Waals surface area contributed by atoms with Gasteiger partial charge in [0.1, 0.15) is 0 Å². The summed E-state index contributed by atoms with van der Waals surface area (Å²) in [6.07, 6.45) is 11.4. The van der Waals surface area contributed by atoms with Gasteiger partial charge in [0.15, 0.2) is 0 Å². The van der Waals surface area contributed by atoms with Gasteiger partial charge < -0.3 is 5.32 Å². The van der Waals surface area contributed by atoms with E-state index >= 15 is 0 Å². The van der Waals surface area contributed by atoms with E-state index in [1.807, 2.05) is 0 Å². The van der Waals surface area contributed by atoms with Crippen molar-refractivity contribution in [3.8, 4) is 0 Å². The molecule has 0 spiro atoms. The molecule has 1 rings (SSSR count). The summed E-state index contributed by atoms with van der Waals surface area (Å²) in [6, 6.07) is 0. The summed E-state index contributed by atoms with van der Waals surface area (Å²) in [5.74, 6) is 1.04. The van der Waals surface area contributed by atoms with E-state index in [0.717, 1.165) is 6.54 Å². The smallest absolute Gasteiger partial charge is 0.0210 e. The first-order valence-electron chi connectivity index (χ1n) is 8.98. The Morgan fingerprint density at radius 1 is 1.13 bits per heavy atom. The van der Waals surface area contributed by atoms with Gasteiger partial charge in [0.2, 0.25) is 0 Å². The molecule has 1 nitrogen and oxygen atoms in total. The number of hydrogen-bond donors (Lipinski definition) is 1. The van der Waals surface area contributed by atoms with Crippen LogP contribution in [0.2, 0.25) is 0 Å². The maximum Gasteiger partial charge on any atom is 0.0210 e. The summed E-state index contributed by atoms with van der Waals surface area (Å²) in [6.45, 7) is 21.4. The minimum absolute atomic E-state index is 0.166. The topological polar surface area (TPSA) is 12.0 Å². The first kappa shape index (κ1) is 19.8. The van der Waals surface area contributed by atoms with Crippen LogP contribution in [0.5, 0.6) is 0 Å². The van der Waals surface area contributed by atoms with E-state index < -0.39 is 0 Å². The van der Waals surface area contributed by atoms with E-state index in [-0.39, 0.29) is 10.8 Å². The molecule has 1 aliphatic rings. The summed E-state index contributed by atoms with van der Waals surface area (Å²) in [5.41, 5.74) is 4.63. The van der Waals surface area contributed by atoms with Gasteiger partial charge in [0.25, 0.3) is 0 Å². The Morgan fingerprint density at radius 2 is 1.74 bits per heavy atom. The van der Waals surface area contributed by atoms with Crippen molar-refractivity contribution >= 4 is 0 Å². The normalized spacial score (nSPS) is 21.1. The van der Waals surface area contributed by atoms with Gasteiger partial charge >= 0.3 is 0 Å². The molecule has 1 heterocycles. The quantitative estimate of drug-likeness (QED) is 0.605. The lowest BCUT2D eigenvalue weighted by Gasteiger charge is -2.25. The van der Waals surface area contributed by atoms with E-state index in [2.05, 4.69) is 98.0 Å². The lowest BCUT2D eigenvalue weighted by atomic mass is 9.86. The van der Waals surface area contributed by atoms with Gasteiger partial charge in [0, 0.05) is 17.7 Å². The number of hydrogen-bond acceptors (Lipinski definition) is 1. The third-order valence-electron chi connectivity index (χ3n) is 4.19. The van der Waals surface area contributed by atoms with Gasteiger partial charge in [-0.15, -0.1) is 0 Å². The highest BCUT2D eigenvalue weighted by Gasteiger charge is 2.22. The molecule has 0 aromatic carbocycles. The van der Waals surface area contributed by atoms with Crippen LogP contribution in [-0.4, -0.2) is 6.54 Å². The standard InChI is InChI=1S/C22H37N/c1-16(2)18(11-10-14-21(4,5)6)19-12-13-20(22(7,8)9)23-15-17(19)3/h10-14,16-17,23H,15H2,1-9H3/b14-10+,18-11+. The SMILES string of the molecule is CC1CNC(C(C)(C)C)=CC=C1/C(=C/C=C/C(C)(C)C)C(C)C. The van der Waals surface area contributed by atoms with E-state index in [1.54, 1.807) is 0 Å². The van der Waals surface area contributed by atoms with Crippen LogP contribution in [0.3, 0.4) is 0 Å². The molecule has 130 valence electrons. The van der Waals surface area contributed by atoms with E-state index in [9.17, 15) is 0 Å². The molecule has 0 aliphatic carbocycles. The summed E-state index contributed by atoms with van der Waals surface area (Å²) in [7, 11) is 0. The first-order chi connectivity index (χ1) is 10.4. The molecule has 0 aromatic heterocycles. The molecule has 0 saturated carbocycles. The molecule has 0 saturated heterocycles. The zero-order chi connectivity index (χ0) is 17.8. The van der Waals surface area contributed by atoms with E-state index in [4.69, 9.17) is 0 Å². The average molecular weight is 316 g/mol. The van der Waals surface area contributed by atoms with Gasteiger partial charge in [-0.1, -0.05) is 86.6 Å². The van der Waals surface area contributed by atoms with Crippen LogP contribution in [-0.2, 0) is 0 Å². The van der Waals surface area contributed by atoms with Crippen LogP contribution < -0.4 is 5.32 Å². The van der Waals surface area contributed by atoms with Gasteiger partial charge in [-0.05, 0) is 34.5 Å². The van der Waals surface area contributed by atoms with Crippen molar-refractivity contribution < 1.29 is 0 Å².